The molecule has 0 saturated heterocycles. The van der Waals surface area contributed by atoms with Crippen molar-refractivity contribution < 1.29 is 9.59 Å². The number of amides is 2. The smallest absolute Gasteiger partial charge is 0.311 e. The molecule has 0 aliphatic heterocycles. The molecule has 5 heteroatoms. The number of aromatic nitrogens is 1. The second-order valence-electron chi connectivity index (χ2n) is 5.04. The van der Waals surface area contributed by atoms with Crippen LogP contribution in [0.2, 0.25) is 0 Å². The van der Waals surface area contributed by atoms with Gasteiger partial charge < -0.3 is 10.2 Å². The first kappa shape index (κ1) is 17.1. The van der Waals surface area contributed by atoms with Gasteiger partial charge in [-0.3, -0.25) is 14.6 Å². The van der Waals surface area contributed by atoms with Gasteiger partial charge in [-0.2, -0.15) is 0 Å². The Hall–Kier alpha value is -1.91. The highest BCUT2D eigenvalue weighted by Crippen LogP contribution is 2.01. The number of nitrogens with one attached hydrogen (secondary N) is 1. The van der Waals surface area contributed by atoms with E-state index in [0.29, 0.717) is 19.6 Å². The Morgan fingerprint density at radius 2 is 1.86 bits per heavy atom. The summed E-state index contributed by atoms with van der Waals surface area (Å²) in [7, 11) is 0. The number of nitrogens with zero attached hydrogens (tertiary/aromatic N) is 2. The first-order valence-corrected chi connectivity index (χ1v) is 7.65. The molecular weight excluding hydrogens is 266 g/mol. The molecule has 0 atom stereocenters. The zero-order valence-corrected chi connectivity index (χ0v) is 13.0. The van der Waals surface area contributed by atoms with E-state index in [9.17, 15) is 9.59 Å². The molecule has 0 fully saturated rings. The number of hydrogen-bond acceptors (Lipinski definition) is 3. The highest BCUT2D eigenvalue weighted by molar-refractivity contribution is 6.34. The van der Waals surface area contributed by atoms with Gasteiger partial charge in [0.05, 0.1) is 0 Å². The Labute approximate surface area is 126 Å². The Kier molecular flexibility index (Phi) is 8.09. The highest BCUT2D eigenvalue weighted by atomic mass is 16.2. The number of carbonyl (C=O) groups is 2. The molecule has 0 aromatic carbocycles. The average Bonchev–Trinajstić information content (AvgIpc) is 2.53. The minimum absolute atomic E-state index is 0.327. The van der Waals surface area contributed by atoms with E-state index in [4.69, 9.17) is 0 Å². The fourth-order valence-electron chi connectivity index (χ4n) is 1.92. The molecule has 0 saturated carbocycles. The molecule has 1 aromatic heterocycles. The van der Waals surface area contributed by atoms with Gasteiger partial charge in [0.25, 0.3) is 0 Å². The summed E-state index contributed by atoms with van der Waals surface area (Å²) in [6.45, 7) is 5.77. The number of pyridine rings is 1. The lowest BCUT2D eigenvalue weighted by Crippen LogP contribution is -2.43. The Bertz CT molecular complexity index is 426. The molecule has 1 heterocycles. The number of rotatable bonds is 8. The molecule has 116 valence electrons. The van der Waals surface area contributed by atoms with Gasteiger partial charge in [-0.25, -0.2) is 0 Å². The molecule has 21 heavy (non-hydrogen) atoms. The van der Waals surface area contributed by atoms with Crippen LogP contribution >= 0.6 is 0 Å². The van der Waals surface area contributed by atoms with Crippen molar-refractivity contribution in [2.24, 2.45) is 0 Å². The normalized spacial score (nSPS) is 10.2. The van der Waals surface area contributed by atoms with E-state index in [-0.39, 0.29) is 0 Å². The lowest BCUT2D eigenvalue weighted by atomic mass is 10.2. The Morgan fingerprint density at radius 3 is 2.38 bits per heavy atom. The van der Waals surface area contributed by atoms with E-state index < -0.39 is 11.8 Å². The number of hydrogen-bond donors (Lipinski definition) is 1. The molecule has 0 radical (unpaired) electrons. The molecule has 2 amide bonds. The lowest BCUT2D eigenvalue weighted by Gasteiger charge is -2.21. The molecule has 1 aromatic rings. The second-order valence-corrected chi connectivity index (χ2v) is 5.04. The van der Waals surface area contributed by atoms with Crippen LogP contribution in [0, 0.1) is 0 Å². The number of carbonyl (C=O) groups excluding carboxylic acids is 2. The minimum Gasteiger partial charge on any atom is -0.344 e. The topological polar surface area (TPSA) is 62.3 Å². The zero-order valence-electron chi connectivity index (χ0n) is 13.0. The van der Waals surface area contributed by atoms with Crippen molar-refractivity contribution in [2.45, 2.75) is 46.1 Å². The Morgan fingerprint density at radius 1 is 1.19 bits per heavy atom. The summed E-state index contributed by atoms with van der Waals surface area (Å²) in [5.41, 5.74) is 0.882. The molecule has 0 spiro atoms. The lowest BCUT2D eigenvalue weighted by molar-refractivity contribution is -0.146. The second kappa shape index (κ2) is 9.91. The third kappa shape index (κ3) is 6.38. The third-order valence-electron chi connectivity index (χ3n) is 3.22. The summed E-state index contributed by atoms with van der Waals surface area (Å²) < 4.78 is 0. The van der Waals surface area contributed by atoms with Crippen molar-refractivity contribution >= 4 is 11.8 Å². The van der Waals surface area contributed by atoms with Crippen molar-refractivity contribution in [3.8, 4) is 0 Å². The van der Waals surface area contributed by atoms with Crippen LogP contribution in [0.15, 0.2) is 24.5 Å². The van der Waals surface area contributed by atoms with Crippen LogP contribution in [0.5, 0.6) is 0 Å². The van der Waals surface area contributed by atoms with Gasteiger partial charge in [-0.15, -0.1) is 0 Å². The summed E-state index contributed by atoms with van der Waals surface area (Å²) in [6.07, 6.45) is 7.21. The highest BCUT2D eigenvalue weighted by Gasteiger charge is 2.20. The average molecular weight is 291 g/mol. The van der Waals surface area contributed by atoms with Gasteiger partial charge in [-0.05, 0) is 24.5 Å². The van der Waals surface area contributed by atoms with Gasteiger partial charge in [-0.1, -0.05) is 32.8 Å². The quantitative estimate of drug-likeness (QED) is 0.746. The van der Waals surface area contributed by atoms with Crippen LogP contribution in [0.1, 0.15) is 45.1 Å². The molecule has 0 aliphatic rings. The molecule has 1 rings (SSSR count). The van der Waals surface area contributed by atoms with Crippen LogP contribution in [-0.2, 0) is 16.1 Å². The molecule has 0 aliphatic carbocycles. The van der Waals surface area contributed by atoms with Gasteiger partial charge in [0.15, 0.2) is 0 Å². The monoisotopic (exact) mass is 291 g/mol. The van der Waals surface area contributed by atoms with E-state index in [0.717, 1.165) is 31.2 Å². The summed E-state index contributed by atoms with van der Waals surface area (Å²) in [6, 6.07) is 3.67. The first-order valence-electron chi connectivity index (χ1n) is 7.65. The maximum atomic E-state index is 12.2. The van der Waals surface area contributed by atoms with E-state index >= 15 is 0 Å². The van der Waals surface area contributed by atoms with E-state index in [2.05, 4.69) is 24.1 Å². The standard InChI is InChI=1S/C16H25N3O2/c1-3-5-10-19(11-6-4-2)16(21)15(20)18-13-14-8-7-9-17-12-14/h7-9,12H,3-6,10-11,13H2,1-2H3,(H,18,20). The first-order chi connectivity index (χ1) is 10.2. The van der Waals surface area contributed by atoms with Crippen molar-refractivity contribution in [2.75, 3.05) is 13.1 Å². The van der Waals surface area contributed by atoms with Gasteiger partial charge >= 0.3 is 11.8 Å². The van der Waals surface area contributed by atoms with Crippen LogP contribution < -0.4 is 5.32 Å². The number of unbranched alkanes of at least 4 members (excludes halogenated alkanes) is 2. The summed E-state index contributed by atoms with van der Waals surface area (Å²) in [5, 5.41) is 2.66. The van der Waals surface area contributed by atoms with E-state index in [1.165, 1.54) is 0 Å². The molecule has 0 bridgehead atoms. The SMILES string of the molecule is CCCCN(CCCC)C(=O)C(=O)NCc1cccnc1. The van der Waals surface area contributed by atoms with Crippen LogP contribution in [0.4, 0.5) is 0 Å². The van der Waals surface area contributed by atoms with Crippen LogP contribution in [0.25, 0.3) is 0 Å². The predicted octanol–water partition coefficient (Wildman–Crippen LogP) is 2.13. The third-order valence-corrected chi connectivity index (χ3v) is 3.22. The maximum Gasteiger partial charge on any atom is 0.311 e. The Balaban J connectivity index is 2.50. The molecule has 0 unspecified atom stereocenters. The fraction of sp³-hybridized carbons (Fsp3) is 0.562. The van der Waals surface area contributed by atoms with Crippen LogP contribution in [-0.4, -0.2) is 34.8 Å². The summed E-state index contributed by atoms with van der Waals surface area (Å²) in [5.74, 6) is -0.966. The van der Waals surface area contributed by atoms with Crippen molar-refractivity contribution in [1.82, 2.24) is 15.2 Å². The molecule has 1 N–H and O–H groups in total. The largest absolute Gasteiger partial charge is 0.344 e. The maximum absolute atomic E-state index is 12.2. The predicted molar refractivity (Wildman–Crippen MR) is 82.5 cm³/mol. The molecular formula is C16H25N3O2. The van der Waals surface area contributed by atoms with E-state index in [1.807, 2.05) is 6.07 Å². The minimum atomic E-state index is -0.536. The molecule has 5 nitrogen and oxygen atoms in total. The van der Waals surface area contributed by atoms with Gasteiger partial charge in [0.1, 0.15) is 0 Å². The fourth-order valence-corrected chi connectivity index (χ4v) is 1.92. The summed E-state index contributed by atoms with van der Waals surface area (Å²) >= 11 is 0. The van der Waals surface area contributed by atoms with Crippen LogP contribution in [0.3, 0.4) is 0 Å². The van der Waals surface area contributed by atoms with Crippen molar-refractivity contribution in [3.63, 3.8) is 0 Å². The van der Waals surface area contributed by atoms with Crippen molar-refractivity contribution in [1.29, 1.82) is 0 Å². The van der Waals surface area contributed by atoms with Crippen molar-refractivity contribution in [3.05, 3.63) is 30.1 Å². The zero-order chi connectivity index (χ0) is 15.5. The van der Waals surface area contributed by atoms with E-state index in [1.54, 1.807) is 23.4 Å². The van der Waals surface area contributed by atoms with Gasteiger partial charge in [0, 0.05) is 32.0 Å². The van der Waals surface area contributed by atoms with Gasteiger partial charge in [0.2, 0.25) is 0 Å². The summed E-state index contributed by atoms with van der Waals surface area (Å²) in [4.78, 5) is 29.8.